The smallest absolute Gasteiger partial charge is 0.408 e. The van der Waals surface area contributed by atoms with Crippen LogP contribution in [0.5, 0.6) is 0 Å². The molecule has 0 fully saturated rings. The quantitative estimate of drug-likeness (QED) is 0.724. The summed E-state index contributed by atoms with van der Waals surface area (Å²) in [5, 5.41) is 5.10. The SMILES string of the molecule is CC(C)[C@H](N)C(=O)NCC(=O)Nc1ccc2c(c1)oc(=O)n2C.Cl. The molecule has 0 aliphatic carbocycles. The van der Waals surface area contributed by atoms with Gasteiger partial charge in [-0.15, -0.1) is 12.4 Å². The Bertz CT molecular complexity index is 796. The maximum atomic E-state index is 11.9. The number of nitrogens with zero attached hydrogens (tertiary/aromatic N) is 1. The maximum absolute atomic E-state index is 11.9. The van der Waals surface area contributed by atoms with Crippen LogP contribution < -0.4 is 22.1 Å². The maximum Gasteiger partial charge on any atom is 0.419 e. The van der Waals surface area contributed by atoms with E-state index in [1.165, 1.54) is 4.57 Å². The van der Waals surface area contributed by atoms with Crippen LogP contribution in [0, 0.1) is 5.92 Å². The molecule has 1 atom stereocenters. The number of fused-ring (bicyclic) bond motifs is 1. The first-order chi connectivity index (χ1) is 10.8. The number of hydrogen-bond donors (Lipinski definition) is 3. The molecule has 132 valence electrons. The van der Waals surface area contributed by atoms with E-state index in [1.807, 2.05) is 13.8 Å². The molecule has 0 saturated carbocycles. The Morgan fingerprint density at radius 2 is 2.00 bits per heavy atom. The number of aromatic nitrogens is 1. The number of amides is 2. The van der Waals surface area contributed by atoms with Crippen LogP contribution >= 0.6 is 12.4 Å². The normalized spacial score (nSPS) is 11.9. The highest BCUT2D eigenvalue weighted by molar-refractivity contribution is 5.96. The van der Waals surface area contributed by atoms with Crippen LogP contribution in [-0.4, -0.2) is 29.0 Å². The number of carbonyl (C=O) groups is 2. The summed E-state index contributed by atoms with van der Waals surface area (Å²) in [6.45, 7) is 3.47. The first-order valence-electron chi connectivity index (χ1n) is 7.22. The molecule has 0 radical (unpaired) electrons. The van der Waals surface area contributed by atoms with Gasteiger partial charge in [-0.2, -0.15) is 0 Å². The monoisotopic (exact) mass is 356 g/mol. The van der Waals surface area contributed by atoms with Gasteiger partial charge in [-0.1, -0.05) is 13.8 Å². The van der Waals surface area contributed by atoms with Crippen molar-refractivity contribution in [3.8, 4) is 0 Å². The molecule has 0 bridgehead atoms. The molecular weight excluding hydrogens is 336 g/mol. The summed E-state index contributed by atoms with van der Waals surface area (Å²) in [5.74, 6) is -1.26. The molecule has 2 rings (SSSR count). The van der Waals surface area contributed by atoms with Gasteiger partial charge >= 0.3 is 5.76 Å². The summed E-state index contributed by atoms with van der Waals surface area (Å²) >= 11 is 0. The minimum Gasteiger partial charge on any atom is -0.408 e. The molecular formula is C15H21ClN4O4. The number of aryl methyl sites for hydroxylation is 1. The Kier molecular flexibility index (Phi) is 6.56. The number of anilines is 1. The average molecular weight is 357 g/mol. The molecule has 2 amide bonds. The van der Waals surface area contributed by atoms with Crippen LogP contribution in [0.25, 0.3) is 11.1 Å². The number of rotatable bonds is 5. The third kappa shape index (κ3) is 4.36. The van der Waals surface area contributed by atoms with Gasteiger partial charge in [0.1, 0.15) is 0 Å². The van der Waals surface area contributed by atoms with E-state index in [9.17, 15) is 14.4 Å². The second-order valence-electron chi connectivity index (χ2n) is 5.65. The number of benzene rings is 1. The van der Waals surface area contributed by atoms with Crippen LogP contribution in [0.4, 0.5) is 5.69 Å². The topological polar surface area (TPSA) is 119 Å². The predicted molar refractivity (Wildman–Crippen MR) is 93.2 cm³/mol. The van der Waals surface area contributed by atoms with Gasteiger partial charge in [0.15, 0.2) is 5.58 Å². The highest BCUT2D eigenvalue weighted by Crippen LogP contribution is 2.17. The minimum absolute atomic E-state index is 0. The van der Waals surface area contributed by atoms with E-state index in [-0.39, 0.29) is 30.8 Å². The van der Waals surface area contributed by atoms with Crippen LogP contribution in [0.2, 0.25) is 0 Å². The zero-order valence-electron chi connectivity index (χ0n) is 13.7. The molecule has 0 aliphatic heterocycles. The van der Waals surface area contributed by atoms with E-state index in [2.05, 4.69) is 10.6 Å². The average Bonchev–Trinajstić information content (AvgIpc) is 2.78. The Hall–Kier alpha value is -2.32. The molecule has 9 heteroatoms. The molecule has 0 saturated heterocycles. The van der Waals surface area contributed by atoms with Gasteiger partial charge in [0, 0.05) is 18.8 Å². The highest BCUT2D eigenvalue weighted by Gasteiger charge is 2.17. The summed E-state index contributed by atoms with van der Waals surface area (Å²) < 4.78 is 6.42. The zero-order valence-corrected chi connectivity index (χ0v) is 14.5. The number of carbonyl (C=O) groups excluding carboxylic acids is 2. The molecule has 1 aromatic heterocycles. The van der Waals surface area contributed by atoms with Crippen LogP contribution in [0.1, 0.15) is 13.8 Å². The van der Waals surface area contributed by atoms with E-state index in [1.54, 1.807) is 25.2 Å². The molecule has 2 aromatic rings. The number of nitrogens with two attached hydrogens (primary N) is 1. The molecule has 4 N–H and O–H groups in total. The molecule has 0 aliphatic rings. The minimum atomic E-state index is -0.655. The van der Waals surface area contributed by atoms with E-state index in [0.29, 0.717) is 16.8 Å². The first-order valence-corrected chi connectivity index (χ1v) is 7.22. The molecule has 0 unspecified atom stereocenters. The van der Waals surface area contributed by atoms with Crippen molar-refractivity contribution < 1.29 is 14.0 Å². The van der Waals surface area contributed by atoms with Crippen molar-refractivity contribution in [2.75, 3.05) is 11.9 Å². The van der Waals surface area contributed by atoms with Crippen molar-refractivity contribution >= 4 is 41.0 Å². The lowest BCUT2D eigenvalue weighted by Crippen LogP contribution is -2.46. The molecule has 1 heterocycles. The third-order valence-corrected chi connectivity index (χ3v) is 3.52. The van der Waals surface area contributed by atoms with E-state index in [4.69, 9.17) is 10.2 Å². The van der Waals surface area contributed by atoms with Crippen LogP contribution in [0.3, 0.4) is 0 Å². The van der Waals surface area contributed by atoms with E-state index in [0.717, 1.165) is 0 Å². The van der Waals surface area contributed by atoms with Crippen LogP contribution in [-0.2, 0) is 16.6 Å². The lowest BCUT2D eigenvalue weighted by molar-refractivity contribution is -0.125. The number of hydrogen-bond acceptors (Lipinski definition) is 5. The number of halogens is 1. The number of oxazole rings is 1. The van der Waals surface area contributed by atoms with Crippen LogP contribution in [0.15, 0.2) is 27.4 Å². The van der Waals surface area contributed by atoms with Crippen molar-refractivity contribution in [1.29, 1.82) is 0 Å². The molecule has 8 nitrogen and oxygen atoms in total. The summed E-state index contributed by atoms with van der Waals surface area (Å²) in [6.07, 6.45) is 0. The Labute approximate surface area is 144 Å². The van der Waals surface area contributed by atoms with Gasteiger partial charge < -0.3 is 20.8 Å². The third-order valence-electron chi connectivity index (χ3n) is 3.52. The zero-order chi connectivity index (χ0) is 17.1. The van der Waals surface area contributed by atoms with E-state index >= 15 is 0 Å². The Morgan fingerprint density at radius 1 is 1.33 bits per heavy atom. The van der Waals surface area contributed by atoms with Gasteiger partial charge in [-0.25, -0.2) is 4.79 Å². The van der Waals surface area contributed by atoms with Gasteiger partial charge in [-0.05, 0) is 18.1 Å². The Morgan fingerprint density at radius 3 is 2.62 bits per heavy atom. The van der Waals surface area contributed by atoms with Crippen molar-refractivity contribution in [3.63, 3.8) is 0 Å². The fraction of sp³-hybridized carbons (Fsp3) is 0.400. The molecule has 1 aromatic carbocycles. The second kappa shape index (κ2) is 7.98. The van der Waals surface area contributed by atoms with Gasteiger partial charge in [0.25, 0.3) is 0 Å². The van der Waals surface area contributed by atoms with Crippen molar-refractivity contribution in [3.05, 3.63) is 28.7 Å². The number of nitrogens with one attached hydrogen (secondary N) is 2. The largest absolute Gasteiger partial charge is 0.419 e. The highest BCUT2D eigenvalue weighted by atomic mass is 35.5. The van der Waals surface area contributed by atoms with Gasteiger partial charge in [0.05, 0.1) is 18.1 Å². The predicted octanol–water partition coefficient (Wildman–Crippen LogP) is 0.591. The molecule has 0 spiro atoms. The van der Waals surface area contributed by atoms with Crippen molar-refractivity contribution in [2.45, 2.75) is 19.9 Å². The fourth-order valence-electron chi connectivity index (χ4n) is 2.00. The summed E-state index contributed by atoms with van der Waals surface area (Å²) in [7, 11) is 1.60. The fourth-order valence-corrected chi connectivity index (χ4v) is 2.00. The van der Waals surface area contributed by atoms with Crippen molar-refractivity contribution in [2.24, 2.45) is 18.7 Å². The molecule has 24 heavy (non-hydrogen) atoms. The lowest BCUT2D eigenvalue weighted by Gasteiger charge is -2.15. The first kappa shape index (κ1) is 19.7. The standard InChI is InChI=1S/C15H20N4O4.ClH/c1-8(2)13(16)14(21)17-7-12(20)18-9-4-5-10-11(6-9)23-15(22)19(10)3;/h4-6,8,13H,7,16H2,1-3H3,(H,17,21)(H,18,20);1H/t13-;/m0./s1. The lowest BCUT2D eigenvalue weighted by atomic mass is 10.1. The summed E-state index contributed by atoms with van der Waals surface area (Å²) in [6, 6.07) is 4.22. The van der Waals surface area contributed by atoms with Crippen molar-refractivity contribution in [1.82, 2.24) is 9.88 Å². The summed E-state index contributed by atoms with van der Waals surface area (Å²) in [5.41, 5.74) is 7.17. The summed E-state index contributed by atoms with van der Waals surface area (Å²) in [4.78, 5) is 35.0. The Balaban J connectivity index is 0.00000288. The van der Waals surface area contributed by atoms with E-state index < -0.39 is 17.7 Å². The van der Waals surface area contributed by atoms with Gasteiger partial charge in [0.2, 0.25) is 11.8 Å². The van der Waals surface area contributed by atoms with Gasteiger partial charge in [-0.3, -0.25) is 14.2 Å². The second-order valence-corrected chi connectivity index (χ2v) is 5.65.